The van der Waals surface area contributed by atoms with Crippen LogP contribution in [0.15, 0.2) is 34.0 Å². The van der Waals surface area contributed by atoms with Gasteiger partial charge in [-0.1, -0.05) is 32.9 Å². The number of H-pyrrole nitrogens is 1. The van der Waals surface area contributed by atoms with Crippen molar-refractivity contribution < 1.29 is 18.2 Å². The highest BCUT2D eigenvalue weighted by atomic mass is 32.4. The standard InChI is InChI=1S/C25H41N2O6PS2Si/c1-16(2)17-9-11-25(6,35)20(13-17)33-34(36)32-18-14-22(27-12-10-21(28)26-23(27)29)31-19(18)15-30-37(7,8)24(3,4)5/h10,12,17-20,22H,1,9,11,13-15H2,2-8H3,(H-,26,28,29,35)/p+1/t17-,18-,19+,20+,22+,25+/m0/s1. The summed E-state index contributed by atoms with van der Waals surface area (Å²) in [6.45, 7) is 19.5. The number of thiol groups is 1. The van der Waals surface area contributed by atoms with E-state index >= 15 is 0 Å². The molecule has 3 rings (SSSR count). The van der Waals surface area contributed by atoms with Gasteiger partial charge in [-0.3, -0.25) is 14.3 Å². The number of aromatic nitrogens is 2. The first-order chi connectivity index (χ1) is 17.0. The molecule has 208 valence electrons. The van der Waals surface area contributed by atoms with Crippen molar-refractivity contribution in [2.24, 2.45) is 5.92 Å². The molecule has 8 nitrogen and oxygen atoms in total. The molecule has 0 aromatic carbocycles. The lowest BCUT2D eigenvalue weighted by molar-refractivity contribution is -0.0400. The minimum absolute atomic E-state index is 0.0305. The second-order valence-corrected chi connectivity index (χ2v) is 19.7. The molecule has 1 aliphatic heterocycles. The van der Waals surface area contributed by atoms with Gasteiger partial charge in [-0.15, -0.1) is 9.05 Å². The summed E-state index contributed by atoms with van der Waals surface area (Å²) in [6, 6.07) is 1.30. The van der Waals surface area contributed by atoms with Gasteiger partial charge in [-0.2, -0.15) is 12.6 Å². The molecule has 1 saturated carbocycles. The Hall–Kier alpha value is -0.653. The Morgan fingerprint density at radius 2 is 2.03 bits per heavy atom. The van der Waals surface area contributed by atoms with Crippen molar-refractivity contribution in [1.29, 1.82) is 0 Å². The smallest absolute Gasteiger partial charge is 0.414 e. The Morgan fingerprint density at radius 3 is 2.62 bits per heavy atom. The molecule has 1 unspecified atom stereocenters. The number of nitrogens with one attached hydrogen (secondary N) is 1. The fraction of sp³-hybridized carbons (Fsp3) is 0.760. The maximum atomic E-state index is 12.4. The van der Waals surface area contributed by atoms with Crippen molar-refractivity contribution in [2.75, 3.05) is 6.61 Å². The van der Waals surface area contributed by atoms with Crippen LogP contribution in [0, 0.1) is 5.92 Å². The summed E-state index contributed by atoms with van der Waals surface area (Å²) in [5.74, 6) is 0.376. The number of nitrogens with zero attached hydrogens (tertiary/aromatic N) is 1. The van der Waals surface area contributed by atoms with Crippen LogP contribution in [0.3, 0.4) is 0 Å². The molecule has 2 heterocycles. The van der Waals surface area contributed by atoms with Crippen LogP contribution in [0.5, 0.6) is 0 Å². The van der Waals surface area contributed by atoms with E-state index in [0.29, 0.717) is 18.9 Å². The topological polar surface area (TPSA) is 91.8 Å². The summed E-state index contributed by atoms with van der Waals surface area (Å²) >= 11 is 10.6. The summed E-state index contributed by atoms with van der Waals surface area (Å²) < 4.78 is 26.4. The van der Waals surface area contributed by atoms with E-state index in [2.05, 4.69) is 59.3 Å². The molecule has 1 aromatic rings. The van der Waals surface area contributed by atoms with E-state index in [9.17, 15) is 9.59 Å². The van der Waals surface area contributed by atoms with Crippen LogP contribution in [0.2, 0.25) is 18.1 Å². The van der Waals surface area contributed by atoms with E-state index in [-0.39, 0.29) is 15.9 Å². The van der Waals surface area contributed by atoms with Crippen LogP contribution in [0.25, 0.3) is 0 Å². The third-order valence-corrected chi connectivity index (χ3v) is 14.5. The Labute approximate surface area is 232 Å². The number of aromatic amines is 1. The molecule has 1 N–H and O–H groups in total. The first-order valence-corrected chi connectivity index (χ1v) is 18.3. The first kappa shape index (κ1) is 30.9. The molecule has 0 radical (unpaired) electrons. The van der Waals surface area contributed by atoms with Gasteiger partial charge in [-0.05, 0) is 57.2 Å². The van der Waals surface area contributed by atoms with E-state index in [4.69, 9.17) is 42.6 Å². The van der Waals surface area contributed by atoms with Crippen molar-refractivity contribution in [1.82, 2.24) is 9.55 Å². The van der Waals surface area contributed by atoms with Crippen LogP contribution in [-0.4, -0.2) is 47.5 Å². The SMILES string of the molecule is C=C(C)[C@H]1CC[C@@](C)(S)[C@H](O[P+](=S)O[C@H]2C[C@H](n3ccc(=O)[nH]c3=O)O[C@@H]2CO[Si](C)(C)C(C)(C)C)C1. The second kappa shape index (κ2) is 11.8. The zero-order chi connectivity index (χ0) is 27.8. The van der Waals surface area contributed by atoms with Gasteiger partial charge in [0.15, 0.2) is 8.32 Å². The van der Waals surface area contributed by atoms with E-state index in [1.807, 2.05) is 0 Å². The molecule has 0 spiro atoms. The highest BCUT2D eigenvalue weighted by Crippen LogP contribution is 2.46. The molecular formula is C25H42N2O6PS2Si+. The number of hydrogen-bond acceptors (Lipinski definition) is 8. The highest BCUT2D eigenvalue weighted by Gasteiger charge is 2.47. The van der Waals surface area contributed by atoms with Gasteiger partial charge < -0.3 is 9.16 Å². The molecule has 1 saturated heterocycles. The van der Waals surface area contributed by atoms with Gasteiger partial charge in [0.25, 0.3) is 5.56 Å². The van der Waals surface area contributed by atoms with E-state index in [1.165, 1.54) is 16.8 Å². The molecule has 1 aliphatic carbocycles. The van der Waals surface area contributed by atoms with Crippen molar-refractivity contribution in [2.45, 2.75) is 108 Å². The molecule has 37 heavy (non-hydrogen) atoms. The zero-order valence-electron chi connectivity index (χ0n) is 23.0. The lowest BCUT2D eigenvalue weighted by Gasteiger charge is -2.38. The fourth-order valence-electron chi connectivity index (χ4n) is 4.39. The molecular weight excluding hydrogens is 547 g/mol. The molecule has 1 aromatic heterocycles. The van der Waals surface area contributed by atoms with Crippen LogP contribution >= 0.6 is 19.8 Å². The van der Waals surface area contributed by atoms with Crippen molar-refractivity contribution in [3.8, 4) is 0 Å². The minimum atomic E-state index is -2.06. The van der Waals surface area contributed by atoms with Gasteiger partial charge in [-0.25, -0.2) is 4.79 Å². The maximum absolute atomic E-state index is 12.4. The Bertz CT molecular complexity index is 1120. The van der Waals surface area contributed by atoms with Crippen LogP contribution in [-0.2, 0) is 30.0 Å². The maximum Gasteiger partial charge on any atom is 0.522 e. The zero-order valence-corrected chi connectivity index (χ0v) is 26.6. The molecule has 7 atom stereocenters. The molecule has 0 bridgehead atoms. The average molecular weight is 590 g/mol. The first-order valence-electron chi connectivity index (χ1n) is 12.8. The van der Waals surface area contributed by atoms with Crippen LogP contribution in [0.4, 0.5) is 0 Å². The van der Waals surface area contributed by atoms with Crippen molar-refractivity contribution in [3.05, 3.63) is 45.3 Å². The summed E-state index contributed by atoms with van der Waals surface area (Å²) in [7, 11) is -3.72. The van der Waals surface area contributed by atoms with Gasteiger partial charge in [0, 0.05) is 23.4 Å². The predicted octanol–water partition coefficient (Wildman–Crippen LogP) is 5.45. The number of ether oxygens (including phenoxy) is 1. The van der Waals surface area contributed by atoms with Gasteiger partial charge >= 0.3 is 12.8 Å². The molecule has 0 amide bonds. The highest BCUT2D eigenvalue weighted by molar-refractivity contribution is 8.00. The molecule has 12 heteroatoms. The van der Waals surface area contributed by atoms with E-state index in [1.54, 1.807) is 0 Å². The number of hydrogen-bond donors (Lipinski definition) is 2. The Balaban J connectivity index is 1.76. The van der Waals surface area contributed by atoms with Crippen molar-refractivity contribution >= 4 is 39.9 Å². The van der Waals surface area contributed by atoms with Crippen LogP contribution in [0.1, 0.15) is 66.5 Å². The summed E-state index contributed by atoms with van der Waals surface area (Å²) in [5.41, 5.74) is 0.161. The lowest BCUT2D eigenvalue weighted by atomic mass is 9.77. The number of rotatable bonds is 9. The van der Waals surface area contributed by atoms with Gasteiger partial charge in [0.1, 0.15) is 24.5 Å². The van der Waals surface area contributed by atoms with Crippen LogP contribution < -0.4 is 11.2 Å². The third-order valence-electron chi connectivity index (χ3n) is 8.08. The Kier molecular flexibility index (Phi) is 9.88. The van der Waals surface area contributed by atoms with Crippen molar-refractivity contribution in [3.63, 3.8) is 0 Å². The van der Waals surface area contributed by atoms with Gasteiger partial charge in [0.2, 0.25) is 11.8 Å². The second-order valence-electron chi connectivity index (χ2n) is 12.1. The number of allylic oxidation sites excluding steroid dienone is 1. The lowest BCUT2D eigenvalue weighted by Crippen LogP contribution is -2.44. The summed E-state index contributed by atoms with van der Waals surface area (Å²) in [5, 5.41) is 0.0305. The fourth-order valence-corrected chi connectivity index (χ4v) is 7.44. The summed E-state index contributed by atoms with van der Waals surface area (Å²) in [4.78, 5) is 26.3. The molecule has 2 aliphatic rings. The molecule has 2 fully saturated rings. The Morgan fingerprint density at radius 1 is 1.35 bits per heavy atom. The minimum Gasteiger partial charge on any atom is -0.414 e. The normalized spacial score (nSPS) is 31.4. The quantitative estimate of drug-likeness (QED) is 0.171. The van der Waals surface area contributed by atoms with Gasteiger partial charge in [0.05, 0.1) is 6.61 Å². The largest absolute Gasteiger partial charge is 0.522 e. The average Bonchev–Trinajstić information content (AvgIpc) is 3.14. The third kappa shape index (κ3) is 7.72. The predicted molar refractivity (Wildman–Crippen MR) is 157 cm³/mol. The van der Waals surface area contributed by atoms with E-state index < -0.39 is 45.2 Å². The van der Waals surface area contributed by atoms with E-state index in [0.717, 1.165) is 24.8 Å². The summed E-state index contributed by atoms with van der Waals surface area (Å²) in [6.07, 6.45) is 2.94. The monoisotopic (exact) mass is 589 g/mol.